The Morgan fingerprint density at radius 2 is 1.68 bits per heavy atom. The fourth-order valence-electron chi connectivity index (χ4n) is 3.64. The summed E-state index contributed by atoms with van der Waals surface area (Å²) in [6, 6.07) is 19.9. The van der Waals surface area contributed by atoms with E-state index in [1.54, 1.807) is 24.3 Å². The Bertz CT molecular complexity index is 1190. The van der Waals surface area contributed by atoms with Gasteiger partial charge in [0.25, 0.3) is 5.91 Å². The lowest BCUT2D eigenvalue weighted by Gasteiger charge is -2.25. The van der Waals surface area contributed by atoms with Crippen LogP contribution in [0.5, 0.6) is 11.5 Å². The van der Waals surface area contributed by atoms with Crippen molar-refractivity contribution < 1.29 is 19.1 Å². The Morgan fingerprint density at radius 3 is 2.41 bits per heavy atom. The molecule has 0 aromatic heterocycles. The number of carbonyl (C=O) groups is 2. The number of likely N-dealkylation sites (N-methyl/N-ethyl adjacent to an activating group) is 1. The van der Waals surface area contributed by atoms with Crippen LogP contribution in [-0.2, 0) is 4.79 Å². The average molecular weight is 480 g/mol. The van der Waals surface area contributed by atoms with Gasteiger partial charge in [0.15, 0.2) is 11.5 Å². The van der Waals surface area contributed by atoms with Crippen LogP contribution in [0.2, 0.25) is 5.02 Å². The van der Waals surface area contributed by atoms with Gasteiger partial charge in [-0.15, -0.1) is 0 Å². The van der Waals surface area contributed by atoms with E-state index in [9.17, 15) is 9.59 Å². The van der Waals surface area contributed by atoms with Crippen molar-refractivity contribution in [2.24, 2.45) is 0 Å². The normalized spacial score (nSPS) is 13.3. The van der Waals surface area contributed by atoms with Crippen LogP contribution in [0.1, 0.15) is 28.9 Å². The molecule has 4 rings (SSSR count). The van der Waals surface area contributed by atoms with Crippen LogP contribution >= 0.6 is 11.6 Å². The smallest absolute Gasteiger partial charge is 0.255 e. The second-order valence-corrected chi connectivity index (χ2v) is 8.47. The fraction of sp³-hybridized carbons (Fsp3) is 0.231. The standard InChI is InChI=1S/C26H26ClN3O4/c1-17(19-9-6-10-20(13-19)28-26(32)18-7-4-3-5-8-18)30(2)16-25(31)29-22-15-24-23(14-21(22)27)33-11-12-34-24/h3-10,13-15,17H,11-12,16H2,1-2H3,(H,28,32)(H,29,31). The number of hydrogen-bond acceptors (Lipinski definition) is 5. The van der Waals surface area contributed by atoms with E-state index in [0.717, 1.165) is 5.56 Å². The highest BCUT2D eigenvalue weighted by Crippen LogP contribution is 2.38. The molecule has 3 aromatic carbocycles. The fourth-order valence-corrected chi connectivity index (χ4v) is 3.84. The lowest BCUT2D eigenvalue weighted by atomic mass is 10.1. The highest BCUT2D eigenvalue weighted by molar-refractivity contribution is 6.34. The molecule has 3 aromatic rings. The average Bonchev–Trinajstić information content (AvgIpc) is 2.84. The highest BCUT2D eigenvalue weighted by Gasteiger charge is 2.19. The van der Waals surface area contributed by atoms with E-state index < -0.39 is 0 Å². The molecule has 1 heterocycles. The summed E-state index contributed by atoms with van der Waals surface area (Å²) >= 11 is 6.31. The number of anilines is 2. The van der Waals surface area contributed by atoms with Crippen LogP contribution in [0.25, 0.3) is 0 Å². The van der Waals surface area contributed by atoms with Crippen molar-refractivity contribution >= 4 is 34.8 Å². The third-order valence-electron chi connectivity index (χ3n) is 5.62. The summed E-state index contributed by atoms with van der Waals surface area (Å²) in [5, 5.41) is 6.16. The molecule has 2 N–H and O–H groups in total. The van der Waals surface area contributed by atoms with Gasteiger partial charge < -0.3 is 20.1 Å². The first kappa shape index (κ1) is 23.6. The summed E-state index contributed by atoms with van der Waals surface area (Å²) in [5.74, 6) is 0.747. The van der Waals surface area contributed by atoms with Crippen molar-refractivity contribution in [1.82, 2.24) is 4.90 Å². The number of amides is 2. The van der Waals surface area contributed by atoms with Gasteiger partial charge in [-0.1, -0.05) is 41.9 Å². The minimum absolute atomic E-state index is 0.0740. The Morgan fingerprint density at radius 1 is 0.971 bits per heavy atom. The van der Waals surface area contributed by atoms with Gasteiger partial charge in [-0.25, -0.2) is 0 Å². The zero-order chi connectivity index (χ0) is 24.1. The number of ether oxygens (including phenoxy) is 2. The molecular weight excluding hydrogens is 454 g/mol. The third kappa shape index (κ3) is 5.68. The highest BCUT2D eigenvalue weighted by atomic mass is 35.5. The SMILES string of the molecule is CC(c1cccc(NC(=O)c2ccccc2)c1)N(C)CC(=O)Nc1cc2c(cc1Cl)OCCO2. The van der Waals surface area contributed by atoms with Gasteiger partial charge in [0.2, 0.25) is 5.91 Å². The van der Waals surface area contributed by atoms with E-state index in [-0.39, 0.29) is 24.4 Å². The van der Waals surface area contributed by atoms with Gasteiger partial charge in [-0.3, -0.25) is 14.5 Å². The Balaban J connectivity index is 1.38. The number of rotatable bonds is 7. The molecule has 0 spiro atoms. The molecule has 2 amide bonds. The third-order valence-corrected chi connectivity index (χ3v) is 5.94. The molecule has 176 valence electrons. The van der Waals surface area contributed by atoms with E-state index >= 15 is 0 Å². The molecule has 1 aliphatic rings. The van der Waals surface area contributed by atoms with Gasteiger partial charge in [0, 0.05) is 29.4 Å². The van der Waals surface area contributed by atoms with Gasteiger partial charge in [-0.2, -0.15) is 0 Å². The van der Waals surface area contributed by atoms with Crippen LogP contribution in [0, 0.1) is 0 Å². The molecule has 1 atom stereocenters. The van der Waals surface area contributed by atoms with Crippen LogP contribution in [-0.4, -0.2) is 43.5 Å². The van der Waals surface area contributed by atoms with Crippen LogP contribution in [0.4, 0.5) is 11.4 Å². The number of nitrogens with one attached hydrogen (secondary N) is 2. The molecule has 0 saturated heterocycles. The number of fused-ring (bicyclic) bond motifs is 1. The predicted molar refractivity (Wildman–Crippen MR) is 133 cm³/mol. The van der Waals surface area contributed by atoms with E-state index in [0.29, 0.717) is 46.7 Å². The number of halogens is 1. The molecular formula is C26H26ClN3O4. The quantitative estimate of drug-likeness (QED) is 0.498. The summed E-state index contributed by atoms with van der Waals surface area (Å²) < 4.78 is 11.1. The van der Waals surface area contributed by atoms with Gasteiger partial charge >= 0.3 is 0 Å². The summed E-state index contributed by atoms with van der Waals surface area (Å²) in [6.45, 7) is 3.07. The summed E-state index contributed by atoms with van der Waals surface area (Å²) in [5.41, 5.74) is 2.73. The summed E-state index contributed by atoms with van der Waals surface area (Å²) in [4.78, 5) is 27.1. The Kier molecular flexibility index (Phi) is 7.35. The van der Waals surface area contributed by atoms with Crippen molar-refractivity contribution in [1.29, 1.82) is 0 Å². The zero-order valence-corrected chi connectivity index (χ0v) is 19.8. The van der Waals surface area contributed by atoms with Crippen molar-refractivity contribution in [3.8, 4) is 11.5 Å². The minimum Gasteiger partial charge on any atom is -0.486 e. The monoisotopic (exact) mass is 479 g/mol. The van der Waals surface area contributed by atoms with Crippen LogP contribution in [0.3, 0.4) is 0 Å². The van der Waals surface area contributed by atoms with Crippen molar-refractivity contribution in [2.45, 2.75) is 13.0 Å². The van der Waals surface area contributed by atoms with Crippen molar-refractivity contribution in [3.05, 3.63) is 82.9 Å². The maximum absolute atomic E-state index is 12.7. The number of nitrogens with zero attached hydrogens (tertiary/aromatic N) is 1. The molecule has 34 heavy (non-hydrogen) atoms. The van der Waals surface area contributed by atoms with E-state index in [4.69, 9.17) is 21.1 Å². The second-order valence-electron chi connectivity index (χ2n) is 8.06. The molecule has 0 aliphatic carbocycles. The Hall–Kier alpha value is -3.55. The van der Waals surface area contributed by atoms with Gasteiger partial charge in [-0.05, 0) is 43.8 Å². The van der Waals surface area contributed by atoms with E-state index in [2.05, 4.69) is 10.6 Å². The number of benzene rings is 3. The molecule has 0 saturated carbocycles. The molecule has 0 bridgehead atoms. The first-order valence-electron chi connectivity index (χ1n) is 11.0. The maximum Gasteiger partial charge on any atom is 0.255 e. The first-order chi connectivity index (χ1) is 16.4. The van der Waals surface area contributed by atoms with Crippen LogP contribution in [0.15, 0.2) is 66.7 Å². The largest absolute Gasteiger partial charge is 0.486 e. The molecule has 0 radical (unpaired) electrons. The summed E-state index contributed by atoms with van der Waals surface area (Å²) in [6.07, 6.45) is 0. The van der Waals surface area contributed by atoms with E-state index in [1.165, 1.54) is 0 Å². The molecule has 1 aliphatic heterocycles. The molecule has 1 unspecified atom stereocenters. The second kappa shape index (κ2) is 10.6. The van der Waals surface area contributed by atoms with Crippen molar-refractivity contribution in [2.75, 3.05) is 37.4 Å². The molecule has 7 nitrogen and oxygen atoms in total. The van der Waals surface area contributed by atoms with Crippen molar-refractivity contribution in [3.63, 3.8) is 0 Å². The predicted octanol–water partition coefficient (Wildman–Crippen LogP) is 5.00. The lowest BCUT2D eigenvalue weighted by Crippen LogP contribution is -2.32. The number of hydrogen-bond donors (Lipinski definition) is 2. The van der Waals surface area contributed by atoms with E-state index in [1.807, 2.05) is 61.3 Å². The first-order valence-corrected chi connectivity index (χ1v) is 11.3. The van der Waals surface area contributed by atoms with Crippen LogP contribution < -0.4 is 20.1 Å². The van der Waals surface area contributed by atoms with Gasteiger partial charge in [0.1, 0.15) is 13.2 Å². The topological polar surface area (TPSA) is 79.9 Å². The minimum atomic E-state index is -0.207. The lowest BCUT2D eigenvalue weighted by molar-refractivity contribution is -0.117. The molecule has 0 fully saturated rings. The Labute approximate surface area is 203 Å². The number of carbonyl (C=O) groups excluding carboxylic acids is 2. The maximum atomic E-state index is 12.7. The molecule has 8 heteroatoms. The van der Waals surface area contributed by atoms with Gasteiger partial charge in [0.05, 0.1) is 17.3 Å². The summed E-state index contributed by atoms with van der Waals surface area (Å²) in [7, 11) is 1.87. The zero-order valence-electron chi connectivity index (χ0n) is 19.0.